The molecule has 0 amide bonds. The molecule has 0 bridgehead atoms. The van der Waals surface area contributed by atoms with Crippen molar-refractivity contribution in [3.8, 4) is 11.1 Å². The maximum absolute atomic E-state index is 13.4. The lowest BCUT2D eigenvalue weighted by Crippen LogP contribution is -2.06. The fourth-order valence-corrected chi connectivity index (χ4v) is 1.58. The van der Waals surface area contributed by atoms with Gasteiger partial charge in [-0.2, -0.15) is 0 Å². The second-order valence-corrected chi connectivity index (χ2v) is 3.69. The first-order valence-corrected chi connectivity index (χ1v) is 4.92. The van der Waals surface area contributed by atoms with Crippen molar-refractivity contribution in [2.45, 2.75) is 0 Å². The maximum atomic E-state index is 13.4. The van der Waals surface area contributed by atoms with Gasteiger partial charge in [0.05, 0.1) is 5.56 Å². The molecule has 0 aliphatic carbocycles. The Hall–Kier alpha value is -2.12. The van der Waals surface area contributed by atoms with Crippen LogP contribution in [-0.2, 0) is 0 Å². The van der Waals surface area contributed by atoms with Crippen LogP contribution in [-0.4, -0.2) is 0 Å². The van der Waals surface area contributed by atoms with E-state index in [0.29, 0.717) is 0 Å². The number of rotatable bonds is 1. The van der Waals surface area contributed by atoms with Gasteiger partial charge in [0.25, 0.3) is 0 Å². The van der Waals surface area contributed by atoms with Crippen molar-refractivity contribution >= 4 is 0 Å². The molecule has 0 atom stereocenters. The summed E-state index contributed by atoms with van der Waals surface area (Å²) < 4.78 is 105. The number of hydrogen-bond donors (Lipinski definition) is 0. The smallest absolute Gasteiger partial charge is 0.200 e. The third-order valence-electron chi connectivity index (χ3n) is 2.47. The molecule has 2 rings (SSSR count). The highest BCUT2D eigenvalue weighted by Gasteiger charge is 2.29. The van der Waals surface area contributed by atoms with E-state index in [4.69, 9.17) is 0 Å². The van der Waals surface area contributed by atoms with Gasteiger partial charge < -0.3 is 0 Å². The van der Waals surface area contributed by atoms with Gasteiger partial charge >= 0.3 is 0 Å². The van der Waals surface area contributed by atoms with E-state index in [2.05, 4.69) is 0 Å². The molecule has 0 nitrogen and oxygen atoms in total. The fraction of sp³-hybridized carbons (Fsp3) is 0. The zero-order chi connectivity index (χ0) is 15.2. The average molecular weight is 298 g/mol. The van der Waals surface area contributed by atoms with Gasteiger partial charge in [0, 0.05) is 11.6 Å². The monoisotopic (exact) mass is 298 g/mol. The molecule has 0 unspecified atom stereocenters. The molecule has 8 heteroatoms. The van der Waals surface area contributed by atoms with Crippen molar-refractivity contribution in [3.05, 3.63) is 58.7 Å². The highest BCUT2D eigenvalue weighted by Crippen LogP contribution is 2.34. The van der Waals surface area contributed by atoms with E-state index < -0.39 is 57.7 Å². The lowest BCUT2D eigenvalue weighted by Gasteiger charge is -2.09. The van der Waals surface area contributed by atoms with E-state index in [-0.39, 0.29) is 12.1 Å². The molecular formula is C12H2F8. The molecule has 0 saturated carbocycles. The summed E-state index contributed by atoms with van der Waals surface area (Å²) in [6.45, 7) is 0. The molecular weight excluding hydrogens is 296 g/mol. The van der Waals surface area contributed by atoms with Gasteiger partial charge in [-0.05, 0) is 6.07 Å². The molecule has 0 aromatic heterocycles. The summed E-state index contributed by atoms with van der Waals surface area (Å²) in [5.41, 5.74) is -3.15. The summed E-state index contributed by atoms with van der Waals surface area (Å²) in [4.78, 5) is 0. The highest BCUT2D eigenvalue weighted by molar-refractivity contribution is 5.66. The van der Waals surface area contributed by atoms with Crippen molar-refractivity contribution in [1.29, 1.82) is 0 Å². The van der Waals surface area contributed by atoms with Gasteiger partial charge in [-0.15, -0.1) is 0 Å². The first-order valence-electron chi connectivity index (χ1n) is 4.92. The summed E-state index contributed by atoms with van der Waals surface area (Å²) >= 11 is 0. The Bertz CT molecular complexity index is 678. The quantitative estimate of drug-likeness (QED) is 0.414. The molecule has 106 valence electrons. The molecule has 2 aromatic carbocycles. The molecule has 0 N–H and O–H groups in total. The van der Waals surface area contributed by atoms with Crippen molar-refractivity contribution in [2.24, 2.45) is 0 Å². The average Bonchev–Trinajstić information content (AvgIpc) is 2.39. The minimum absolute atomic E-state index is 0.0604. The van der Waals surface area contributed by atoms with Crippen LogP contribution in [0.2, 0.25) is 0 Å². The zero-order valence-corrected chi connectivity index (χ0v) is 9.18. The van der Waals surface area contributed by atoms with Crippen molar-refractivity contribution in [1.82, 2.24) is 0 Å². The van der Waals surface area contributed by atoms with E-state index in [9.17, 15) is 35.1 Å². The Morgan fingerprint density at radius 2 is 0.950 bits per heavy atom. The minimum Gasteiger partial charge on any atom is -0.207 e. The van der Waals surface area contributed by atoms with Gasteiger partial charge in [0.1, 0.15) is 5.82 Å². The molecule has 0 radical (unpaired) electrons. The molecule has 20 heavy (non-hydrogen) atoms. The van der Waals surface area contributed by atoms with Crippen molar-refractivity contribution in [2.75, 3.05) is 0 Å². The van der Waals surface area contributed by atoms with Gasteiger partial charge in [0.2, 0.25) is 5.82 Å². The van der Waals surface area contributed by atoms with Crippen molar-refractivity contribution < 1.29 is 35.1 Å². The van der Waals surface area contributed by atoms with E-state index in [1.807, 2.05) is 0 Å². The van der Waals surface area contributed by atoms with Gasteiger partial charge in [-0.1, -0.05) is 0 Å². The van der Waals surface area contributed by atoms with Crippen LogP contribution < -0.4 is 0 Å². The molecule has 0 spiro atoms. The van der Waals surface area contributed by atoms with Crippen LogP contribution >= 0.6 is 0 Å². The Morgan fingerprint density at radius 3 is 1.45 bits per heavy atom. The first-order chi connectivity index (χ1) is 9.25. The van der Waals surface area contributed by atoms with Crippen LogP contribution in [0, 0.1) is 46.5 Å². The van der Waals surface area contributed by atoms with E-state index in [0.717, 1.165) is 0 Å². The Balaban J connectivity index is 2.91. The summed E-state index contributed by atoms with van der Waals surface area (Å²) in [5.74, 6) is -17.1. The largest absolute Gasteiger partial charge is 0.207 e. The van der Waals surface area contributed by atoms with E-state index in [1.165, 1.54) is 0 Å². The first kappa shape index (κ1) is 14.3. The molecule has 0 aliphatic rings. The Kier molecular flexibility index (Phi) is 3.41. The van der Waals surface area contributed by atoms with E-state index in [1.54, 1.807) is 0 Å². The zero-order valence-electron chi connectivity index (χ0n) is 9.18. The second kappa shape index (κ2) is 4.77. The highest BCUT2D eigenvalue weighted by atomic mass is 19.2. The van der Waals surface area contributed by atoms with Crippen LogP contribution in [0.3, 0.4) is 0 Å². The van der Waals surface area contributed by atoms with Crippen molar-refractivity contribution in [3.63, 3.8) is 0 Å². The third-order valence-corrected chi connectivity index (χ3v) is 2.47. The Morgan fingerprint density at radius 1 is 0.500 bits per heavy atom. The number of benzene rings is 2. The van der Waals surface area contributed by atoms with Crippen LogP contribution in [0.1, 0.15) is 0 Å². The molecule has 0 saturated heterocycles. The fourth-order valence-electron chi connectivity index (χ4n) is 1.58. The number of halogens is 8. The van der Waals surface area contributed by atoms with Gasteiger partial charge in [-0.25, -0.2) is 35.1 Å². The summed E-state index contributed by atoms with van der Waals surface area (Å²) in [7, 11) is 0. The standard InChI is InChI=1S/C12H2F8/c13-3-1-4(7(15)5(14)2-3)6-8(16)10(18)12(20)11(19)9(6)17/h1-2H. The topological polar surface area (TPSA) is 0 Å². The van der Waals surface area contributed by atoms with Crippen LogP contribution in [0.15, 0.2) is 12.1 Å². The summed E-state index contributed by atoms with van der Waals surface area (Å²) in [6, 6.07) is 0.182. The summed E-state index contributed by atoms with van der Waals surface area (Å²) in [5, 5.41) is 0. The summed E-state index contributed by atoms with van der Waals surface area (Å²) in [6.07, 6.45) is 0. The predicted octanol–water partition coefficient (Wildman–Crippen LogP) is 4.47. The SMILES string of the molecule is Fc1cc(F)c(F)c(-c2c(F)c(F)c(F)c(F)c2F)c1. The maximum Gasteiger partial charge on any atom is 0.200 e. The van der Waals surface area contributed by atoms with Crippen LogP contribution in [0.25, 0.3) is 11.1 Å². The Labute approximate surface area is 106 Å². The molecule has 0 aliphatic heterocycles. The lowest BCUT2D eigenvalue weighted by molar-refractivity contribution is 0.380. The van der Waals surface area contributed by atoms with Crippen LogP contribution in [0.5, 0.6) is 0 Å². The van der Waals surface area contributed by atoms with Crippen LogP contribution in [0.4, 0.5) is 35.1 Å². The third kappa shape index (κ3) is 2.00. The molecule has 0 fully saturated rings. The molecule has 2 aromatic rings. The normalized spacial score (nSPS) is 11.0. The van der Waals surface area contributed by atoms with Gasteiger partial charge in [-0.3, -0.25) is 0 Å². The van der Waals surface area contributed by atoms with Gasteiger partial charge in [0.15, 0.2) is 34.9 Å². The predicted molar refractivity (Wildman–Crippen MR) is 51.5 cm³/mol. The second-order valence-electron chi connectivity index (χ2n) is 3.69. The lowest BCUT2D eigenvalue weighted by atomic mass is 10.0. The molecule has 0 heterocycles. The number of hydrogen-bond acceptors (Lipinski definition) is 0. The minimum atomic E-state index is -2.46. The van der Waals surface area contributed by atoms with E-state index >= 15 is 0 Å².